The number of likely N-dealkylation sites (tertiary alicyclic amines) is 1. The molecule has 0 bridgehead atoms. The number of rotatable bonds is 12. The quantitative estimate of drug-likeness (QED) is 0.288. The molecule has 2 N–H and O–H groups in total. The van der Waals surface area contributed by atoms with E-state index in [0.717, 1.165) is 19.3 Å². The number of fused-ring (bicyclic) bond motifs is 1. The third-order valence-electron chi connectivity index (χ3n) is 9.17. The van der Waals surface area contributed by atoms with E-state index in [1.807, 2.05) is 27.7 Å². The second kappa shape index (κ2) is 13.6. The Morgan fingerprint density at radius 2 is 1.93 bits per heavy atom. The summed E-state index contributed by atoms with van der Waals surface area (Å²) in [5, 5.41) is 12.8. The van der Waals surface area contributed by atoms with E-state index in [1.165, 1.54) is 19.2 Å². The Balaban J connectivity index is 1.26. The first kappa shape index (κ1) is 33.3. The van der Waals surface area contributed by atoms with Crippen LogP contribution in [0.2, 0.25) is 0 Å². The molecule has 1 aromatic heterocycles. The predicted octanol–water partition coefficient (Wildman–Crippen LogP) is 5.74. The van der Waals surface area contributed by atoms with Crippen LogP contribution in [0.5, 0.6) is 11.6 Å². The number of benzene rings is 1. The van der Waals surface area contributed by atoms with Crippen LogP contribution < -0.4 is 10.1 Å². The molecule has 1 unspecified atom stereocenters. The van der Waals surface area contributed by atoms with Crippen molar-refractivity contribution in [2.24, 2.45) is 17.8 Å². The Hall–Kier alpha value is -3.57. The summed E-state index contributed by atoms with van der Waals surface area (Å²) in [5.41, 5.74) is -1.04. The van der Waals surface area contributed by atoms with Crippen LogP contribution in [0.15, 0.2) is 18.2 Å². The van der Waals surface area contributed by atoms with Gasteiger partial charge in [0.05, 0.1) is 24.2 Å². The molecule has 4 atom stereocenters. The lowest BCUT2D eigenvalue weighted by Crippen LogP contribution is -2.49. The maximum atomic E-state index is 15.1. The summed E-state index contributed by atoms with van der Waals surface area (Å²) in [4.78, 5) is 47.7. The number of ether oxygens (including phenoxy) is 2. The van der Waals surface area contributed by atoms with Crippen LogP contribution in [0, 0.1) is 17.8 Å². The largest absolute Gasteiger partial charge is 0.497 e. The topological polar surface area (TPSA) is 131 Å². The van der Waals surface area contributed by atoms with Gasteiger partial charge in [-0.1, -0.05) is 27.2 Å². The lowest BCUT2D eigenvalue weighted by atomic mass is 9.87. The van der Waals surface area contributed by atoms with Crippen LogP contribution in [0.25, 0.3) is 11.0 Å². The molecule has 1 saturated carbocycles. The predicted molar refractivity (Wildman–Crippen MR) is 159 cm³/mol. The van der Waals surface area contributed by atoms with Crippen molar-refractivity contribution in [3.8, 4) is 11.6 Å². The number of ketones is 1. The number of alkyl halides is 2. The summed E-state index contributed by atoms with van der Waals surface area (Å²) >= 11 is 0. The van der Waals surface area contributed by atoms with Crippen molar-refractivity contribution in [1.29, 1.82) is 0 Å². The SMILES string of the molecule is COc1ccc2nc(C(F)(F)CCCC[C@@H]3CCCC3(C)OC(=O)NCC(=O)N3CC[C@@H](C)[C@H]3C(=O)C(C)C)c(O)nc2c1. The molecular weight excluding hydrogens is 574 g/mol. The number of amides is 2. The van der Waals surface area contributed by atoms with Crippen LogP contribution in [0.4, 0.5) is 13.6 Å². The van der Waals surface area contributed by atoms with Gasteiger partial charge in [-0.15, -0.1) is 0 Å². The number of nitrogens with zero attached hydrogens (tertiary/aromatic N) is 3. The monoisotopic (exact) mass is 618 g/mol. The van der Waals surface area contributed by atoms with Gasteiger partial charge >= 0.3 is 6.09 Å². The molecule has 2 amide bonds. The average Bonchev–Trinajstić information content (AvgIpc) is 3.54. The normalized spacial score (nSPS) is 23.7. The number of hydrogen-bond acceptors (Lipinski definition) is 8. The van der Waals surface area contributed by atoms with E-state index in [2.05, 4.69) is 15.3 Å². The Bertz CT molecular complexity index is 1370. The van der Waals surface area contributed by atoms with Crippen molar-refractivity contribution in [3.05, 3.63) is 23.9 Å². The summed E-state index contributed by atoms with van der Waals surface area (Å²) in [7, 11) is 1.47. The zero-order valence-corrected chi connectivity index (χ0v) is 26.2. The fourth-order valence-corrected chi connectivity index (χ4v) is 6.55. The highest BCUT2D eigenvalue weighted by Crippen LogP contribution is 2.43. The summed E-state index contributed by atoms with van der Waals surface area (Å²) < 4.78 is 41.1. The van der Waals surface area contributed by atoms with Gasteiger partial charge in [0.25, 0.3) is 5.92 Å². The number of hydrogen-bond donors (Lipinski definition) is 2. The molecule has 10 nitrogen and oxygen atoms in total. The molecule has 1 aromatic carbocycles. The van der Waals surface area contributed by atoms with Gasteiger partial charge < -0.3 is 24.8 Å². The van der Waals surface area contributed by atoms with E-state index in [4.69, 9.17) is 9.47 Å². The summed E-state index contributed by atoms with van der Waals surface area (Å²) in [6.07, 6.45) is 3.00. The molecule has 1 aliphatic carbocycles. The second-order valence-corrected chi connectivity index (χ2v) is 12.7. The maximum Gasteiger partial charge on any atom is 0.408 e. The van der Waals surface area contributed by atoms with Crippen LogP contribution in [0.1, 0.15) is 84.8 Å². The molecule has 2 heterocycles. The molecule has 4 rings (SSSR count). The highest BCUT2D eigenvalue weighted by Gasteiger charge is 2.43. The van der Waals surface area contributed by atoms with E-state index in [0.29, 0.717) is 31.6 Å². The van der Waals surface area contributed by atoms with Crippen LogP contribution in [0.3, 0.4) is 0 Å². The van der Waals surface area contributed by atoms with E-state index < -0.39 is 41.7 Å². The van der Waals surface area contributed by atoms with Crippen molar-refractivity contribution >= 4 is 28.8 Å². The maximum absolute atomic E-state index is 15.1. The molecule has 2 aliphatic rings. The summed E-state index contributed by atoms with van der Waals surface area (Å²) in [5.74, 6) is -4.15. The molecule has 242 valence electrons. The van der Waals surface area contributed by atoms with Crippen molar-refractivity contribution in [2.45, 2.75) is 96.6 Å². The first-order valence-corrected chi connectivity index (χ1v) is 15.5. The van der Waals surface area contributed by atoms with E-state index in [1.54, 1.807) is 11.0 Å². The van der Waals surface area contributed by atoms with Gasteiger partial charge in [-0.2, -0.15) is 8.78 Å². The number of nitrogens with one attached hydrogen (secondary N) is 1. The van der Waals surface area contributed by atoms with Crippen molar-refractivity contribution in [2.75, 3.05) is 20.2 Å². The summed E-state index contributed by atoms with van der Waals surface area (Å²) in [6.45, 7) is 7.65. The number of carbonyl (C=O) groups excluding carboxylic acids is 3. The zero-order chi connectivity index (χ0) is 32.2. The average molecular weight is 619 g/mol. The molecule has 0 spiro atoms. The minimum atomic E-state index is -3.38. The van der Waals surface area contributed by atoms with E-state index in [9.17, 15) is 19.5 Å². The number of Topliss-reactive ketones (excluding diaryl/α,β-unsaturated/α-hetero) is 1. The van der Waals surface area contributed by atoms with Crippen molar-refractivity contribution < 1.29 is 37.7 Å². The van der Waals surface area contributed by atoms with Gasteiger partial charge in [0.15, 0.2) is 11.5 Å². The van der Waals surface area contributed by atoms with E-state index >= 15 is 8.78 Å². The fourth-order valence-electron chi connectivity index (χ4n) is 6.55. The van der Waals surface area contributed by atoms with Crippen LogP contribution in [-0.4, -0.2) is 69.6 Å². The lowest BCUT2D eigenvalue weighted by molar-refractivity contribution is -0.139. The number of carbonyl (C=O) groups is 3. The molecule has 1 saturated heterocycles. The van der Waals surface area contributed by atoms with Crippen molar-refractivity contribution in [1.82, 2.24) is 20.2 Å². The summed E-state index contributed by atoms with van der Waals surface area (Å²) in [6, 6.07) is 4.15. The van der Waals surface area contributed by atoms with Gasteiger partial charge in [0.2, 0.25) is 11.8 Å². The minimum absolute atomic E-state index is 0.0195. The standard InChI is InChI=1S/C32H44F2N4O6/c1-19(2)27(40)26-20(3)13-16-38(26)25(39)18-35-30(42)44-31(4)14-8-10-21(31)9-6-7-15-32(33,34)28-29(41)37-24-17-22(43-5)11-12-23(24)36-28/h11-12,17,19-21,26H,6-10,13-16,18H2,1-5H3,(H,35,42)(H,37,41)/t20-,21-,26+,31?/m1/s1. The smallest absolute Gasteiger partial charge is 0.408 e. The molecule has 1 aliphatic heterocycles. The molecule has 2 fully saturated rings. The zero-order valence-electron chi connectivity index (χ0n) is 26.2. The number of aromatic hydroxyl groups is 1. The molecule has 12 heteroatoms. The van der Waals surface area contributed by atoms with Gasteiger partial charge in [-0.05, 0) is 69.4 Å². The first-order chi connectivity index (χ1) is 20.8. The molecular formula is C32H44F2N4O6. The second-order valence-electron chi connectivity index (χ2n) is 12.7. The number of alkyl carbamates (subject to hydrolysis) is 1. The number of aromatic nitrogens is 2. The Kier molecular flexibility index (Phi) is 10.3. The van der Waals surface area contributed by atoms with Gasteiger partial charge in [-0.25, -0.2) is 14.8 Å². The van der Waals surface area contributed by atoms with Crippen LogP contribution >= 0.6 is 0 Å². The Morgan fingerprint density at radius 3 is 2.64 bits per heavy atom. The van der Waals surface area contributed by atoms with Gasteiger partial charge in [-0.3, -0.25) is 9.59 Å². The number of unbranched alkanes of at least 4 members (excludes halogenated alkanes) is 1. The van der Waals surface area contributed by atoms with Gasteiger partial charge in [0.1, 0.15) is 17.9 Å². The van der Waals surface area contributed by atoms with Gasteiger partial charge in [0, 0.05) is 24.9 Å². The number of methoxy groups -OCH3 is 1. The van der Waals surface area contributed by atoms with E-state index in [-0.39, 0.29) is 53.4 Å². The Morgan fingerprint density at radius 1 is 1.18 bits per heavy atom. The third-order valence-corrected chi connectivity index (χ3v) is 9.17. The fraction of sp³-hybridized carbons (Fsp3) is 0.656. The van der Waals surface area contributed by atoms with Crippen molar-refractivity contribution in [3.63, 3.8) is 0 Å². The Labute approximate surface area is 256 Å². The van der Waals surface area contributed by atoms with Crippen LogP contribution in [-0.2, 0) is 20.2 Å². The molecule has 44 heavy (non-hydrogen) atoms. The molecule has 0 radical (unpaired) electrons. The lowest BCUT2D eigenvalue weighted by Gasteiger charge is -2.32. The first-order valence-electron chi connectivity index (χ1n) is 15.5. The highest BCUT2D eigenvalue weighted by molar-refractivity contribution is 5.92. The minimum Gasteiger partial charge on any atom is -0.497 e. The number of halogens is 2. The molecule has 2 aromatic rings. The highest BCUT2D eigenvalue weighted by atomic mass is 19.3. The third kappa shape index (κ3) is 7.38.